The van der Waals surface area contributed by atoms with Crippen LogP contribution in [0.2, 0.25) is 0 Å². The zero-order valence-electron chi connectivity index (χ0n) is 6.79. The van der Waals surface area contributed by atoms with Gasteiger partial charge in [-0.25, -0.2) is 0 Å². The molecule has 0 aromatic heterocycles. The number of nitriles is 1. The Morgan fingerprint density at radius 1 is 1.00 bits per heavy atom. The summed E-state index contributed by atoms with van der Waals surface area (Å²) in [4.78, 5) is 0. The molecule has 0 heterocycles. The van der Waals surface area contributed by atoms with Gasteiger partial charge in [0.05, 0.1) is 6.07 Å². The van der Waals surface area contributed by atoms with Gasteiger partial charge in [0, 0.05) is 17.3 Å². The van der Waals surface area contributed by atoms with Crippen molar-refractivity contribution in [3.8, 4) is 6.07 Å². The second-order valence-corrected chi connectivity index (χ2v) is 1.45. The van der Waals surface area contributed by atoms with Crippen molar-refractivity contribution in [3.63, 3.8) is 0 Å². The molecule has 10 nitrogen and oxygen atoms in total. The van der Waals surface area contributed by atoms with Gasteiger partial charge in [0.15, 0.2) is 0 Å². The van der Waals surface area contributed by atoms with Crippen LogP contribution in [0.15, 0.2) is 0 Å². The number of nitrogens with zero attached hydrogens (tertiary/aromatic N) is 1. The molecule has 0 saturated heterocycles. The first-order valence-corrected chi connectivity index (χ1v) is 2.72. The largest absolute Gasteiger partial charge is 2.00 e. The molecule has 0 aromatic rings. The summed E-state index contributed by atoms with van der Waals surface area (Å²) in [5.41, 5.74) is 0. The standard InChI is InChI=1S/C2H3N.Cu.H2O4S.5H2O/c1-2-3;;1-5(2,3)4;;;;;/h1H3;;(H2,1,2,3,4);5*1H2/q;+2;;;;;;/p-2. The molecule has 0 spiro atoms. The zero-order chi connectivity index (χ0) is 7.21. The minimum absolute atomic E-state index is 0. The van der Waals surface area contributed by atoms with Crippen LogP contribution in [0.5, 0.6) is 0 Å². The first-order chi connectivity index (χ1) is 3.41. The maximum absolute atomic E-state index is 8.52. The Labute approximate surface area is 91.1 Å². The maximum Gasteiger partial charge on any atom is 2.00 e. The molecule has 0 aliphatic heterocycles. The van der Waals surface area contributed by atoms with Gasteiger partial charge in [0.1, 0.15) is 0 Å². The van der Waals surface area contributed by atoms with E-state index in [2.05, 4.69) is 0 Å². The van der Waals surface area contributed by atoms with E-state index in [0.29, 0.717) is 0 Å². The molecule has 10 N–H and O–H groups in total. The molecule has 0 bridgehead atoms. The van der Waals surface area contributed by atoms with E-state index in [1.165, 1.54) is 6.92 Å². The minimum Gasteiger partial charge on any atom is -0.759 e. The molecular formula is C2H13CuNO9S. The topological polar surface area (TPSA) is 262 Å². The van der Waals surface area contributed by atoms with Gasteiger partial charge in [0.2, 0.25) is 0 Å². The maximum atomic E-state index is 8.52. The fourth-order valence-electron chi connectivity index (χ4n) is 0. The zero-order valence-corrected chi connectivity index (χ0v) is 8.55. The van der Waals surface area contributed by atoms with Crippen molar-refractivity contribution in [2.24, 2.45) is 0 Å². The van der Waals surface area contributed by atoms with E-state index in [-0.39, 0.29) is 44.4 Å². The van der Waals surface area contributed by atoms with Crippen molar-refractivity contribution >= 4 is 10.4 Å². The Morgan fingerprint density at radius 3 is 1.00 bits per heavy atom. The molecular weight excluding hydrogens is 278 g/mol. The van der Waals surface area contributed by atoms with Gasteiger partial charge >= 0.3 is 17.1 Å². The van der Waals surface area contributed by atoms with Gasteiger partial charge in [-0.2, -0.15) is 5.26 Å². The Kier molecular flexibility index (Phi) is 189. The summed E-state index contributed by atoms with van der Waals surface area (Å²) >= 11 is 0. The summed E-state index contributed by atoms with van der Waals surface area (Å²) in [5, 5.41) is 7.32. The van der Waals surface area contributed by atoms with Crippen molar-refractivity contribution in [3.05, 3.63) is 0 Å². The van der Waals surface area contributed by atoms with Crippen LogP contribution in [-0.4, -0.2) is 44.9 Å². The molecule has 0 saturated carbocycles. The van der Waals surface area contributed by atoms with Gasteiger partial charge in [-0.15, -0.1) is 0 Å². The van der Waals surface area contributed by atoms with Gasteiger partial charge in [-0.05, 0) is 0 Å². The number of rotatable bonds is 0. The summed E-state index contributed by atoms with van der Waals surface area (Å²) in [5.74, 6) is 0. The van der Waals surface area contributed by atoms with Crippen LogP contribution in [0.3, 0.4) is 0 Å². The molecule has 0 atom stereocenters. The van der Waals surface area contributed by atoms with Crippen LogP contribution in [0, 0.1) is 11.3 Å². The molecule has 1 radical (unpaired) electrons. The molecule has 12 heteroatoms. The Morgan fingerprint density at radius 2 is 1.00 bits per heavy atom. The molecule has 97 valence electrons. The van der Waals surface area contributed by atoms with Crippen molar-refractivity contribution < 1.29 is 62.0 Å². The van der Waals surface area contributed by atoms with Gasteiger partial charge in [-0.1, -0.05) is 0 Å². The van der Waals surface area contributed by atoms with Gasteiger partial charge in [0.25, 0.3) is 0 Å². The second-order valence-electron chi connectivity index (χ2n) is 0.632. The fourth-order valence-corrected chi connectivity index (χ4v) is 0. The van der Waals surface area contributed by atoms with Crippen LogP contribution >= 0.6 is 0 Å². The summed E-state index contributed by atoms with van der Waals surface area (Å²) in [6.45, 7) is 1.43. The molecule has 0 fully saturated rings. The van der Waals surface area contributed by atoms with E-state index in [1.54, 1.807) is 6.07 Å². The molecule has 0 unspecified atom stereocenters. The quantitative estimate of drug-likeness (QED) is 0.240. The second kappa shape index (κ2) is 38.8. The number of hydrogen-bond donors (Lipinski definition) is 0. The van der Waals surface area contributed by atoms with Crippen molar-refractivity contribution in [2.45, 2.75) is 6.92 Å². The molecule has 0 amide bonds. The van der Waals surface area contributed by atoms with Crippen LogP contribution in [-0.2, 0) is 27.5 Å². The summed E-state index contributed by atoms with van der Waals surface area (Å²) in [6.07, 6.45) is 0. The average Bonchev–Trinajstić information content (AvgIpc) is 1.27. The summed E-state index contributed by atoms with van der Waals surface area (Å²) < 4.78 is 34.1. The normalized spacial score (nSPS) is 4.71. The molecule has 0 aliphatic carbocycles. The van der Waals surface area contributed by atoms with E-state index in [1.807, 2.05) is 0 Å². The third-order valence-electron chi connectivity index (χ3n) is 0. The van der Waals surface area contributed by atoms with E-state index in [9.17, 15) is 0 Å². The molecule has 14 heavy (non-hydrogen) atoms. The Balaban J connectivity index is -0.00000000626. The van der Waals surface area contributed by atoms with E-state index in [4.69, 9.17) is 22.8 Å². The van der Waals surface area contributed by atoms with Crippen molar-refractivity contribution in [2.75, 3.05) is 0 Å². The molecule has 0 aromatic carbocycles. The minimum atomic E-state index is -5.17. The predicted octanol–water partition coefficient (Wildman–Crippen LogP) is -4.93. The SMILES string of the molecule is CC#N.O.O.O.O.O.O=S(=O)([O-])[O-].[Cu+2]. The fraction of sp³-hybridized carbons (Fsp3) is 0.500. The first-order valence-electron chi connectivity index (χ1n) is 1.39. The van der Waals surface area contributed by atoms with E-state index in [0.717, 1.165) is 0 Å². The monoisotopic (exact) mass is 290 g/mol. The predicted molar refractivity (Wildman–Crippen MR) is 39.8 cm³/mol. The third-order valence-corrected chi connectivity index (χ3v) is 0. The third kappa shape index (κ3) is 13000. The summed E-state index contributed by atoms with van der Waals surface area (Å²) in [7, 11) is -5.17. The van der Waals surface area contributed by atoms with Gasteiger partial charge in [-0.3, -0.25) is 8.42 Å². The van der Waals surface area contributed by atoms with E-state index < -0.39 is 10.4 Å². The molecule has 0 aliphatic rings. The van der Waals surface area contributed by atoms with Crippen molar-refractivity contribution in [1.29, 1.82) is 5.26 Å². The molecule has 0 rings (SSSR count). The van der Waals surface area contributed by atoms with E-state index >= 15 is 0 Å². The first kappa shape index (κ1) is 68.2. The van der Waals surface area contributed by atoms with Crippen LogP contribution in [0.1, 0.15) is 6.92 Å². The van der Waals surface area contributed by atoms with Crippen molar-refractivity contribution in [1.82, 2.24) is 0 Å². The summed E-state index contributed by atoms with van der Waals surface area (Å²) in [6, 6.07) is 1.75. The Hall–Kier alpha value is -0.321. The van der Waals surface area contributed by atoms with Crippen LogP contribution in [0.25, 0.3) is 0 Å². The van der Waals surface area contributed by atoms with Crippen LogP contribution in [0.4, 0.5) is 0 Å². The van der Waals surface area contributed by atoms with Crippen LogP contribution < -0.4 is 0 Å². The number of hydrogen-bond acceptors (Lipinski definition) is 5. The smallest absolute Gasteiger partial charge is 0.759 e. The van der Waals surface area contributed by atoms with Gasteiger partial charge < -0.3 is 36.5 Å². The average molecular weight is 291 g/mol. The Bertz CT molecular complexity index is 164.